The normalized spacial score (nSPS) is 10.6. The maximum Gasteiger partial charge on any atom is 0.255 e. The van der Waals surface area contributed by atoms with E-state index in [1.54, 1.807) is 72.8 Å². The standard InChI is InChI=1S/C24H23N5O3S2/c1-16-14-33-24(26-16)34-15-17-3-5-18(6-4-17)23(31)28-20-11-25-29(12-20)13-22(30)27-19-7-9-21(32-2)10-8-19/h3-12,14H,13,15H2,1-2H3,(H,27,30)(H,28,31). The van der Waals surface area contributed by atoms with Crippen LogP contribution < -0.4 is 15.4 Å². The Labute approximate surface area is 205 Å². The molecule has 0 saturated carbocycles. The SMILES string of the molecule is COc1ccc(NC(=O)Cn2cc(NC(=O)c3ccc(CSc4nc(C)cs4)cc3)cn2)cc1. The Morgan fingerprint density at radius 3 is 2.50 bits per heavy atom. The van der Waals surface area contributed by atoms with Crippen molar-refractivity contribution in [3.63, 3.8) is 0 Å². The summed E-state index contributed by atoms with van der Waals surface area (Å²) in [7, 11) is 1.59. The van der Waals surface area contributed by atoms with Crippen LogP contribution >= 0.6 is 23.1 Å². The van der Waals surface area contributed by atoms with Crippen molar-refractivity contribution in [3.05, 3.63) is 83.1 Å². The molecule has 34 heavy (non-hydrogen) atoms. The number of methoxy groups -OCH3 is 1. The zero-order valence-electron chi connectivity index (χ0n) is 18.6. The number of hydrogen-bond acceptors (Lipinski definition) is 7. The smallest absolute Gasteiger partial charge is 0.255 e. The van der Waals surface area contributed by atoms with Crippen molar-refractivity contribution in [1.82, 2.24) is 14.8 Å². The summed E-state index contributed by atoms with van der Waals surface area (Å²) < 4.78 is 7.61. The van der Waals surface area contributed by atoms with Crippen LogP contribution in [0.5, 0.6) is 5.75 Å². The van der Waals surface area contributed by atoms with Crippen LogP contribution in [0.3, 0.4) is 0 Å². The van der Waals surface area contributed by atoms with E-state index in [0.717, 1.165) is 21.3 Å². The fourth-order valence-corrected chi connectivity index (χ4v) is 4.84. The number of aryl methyl sites for hydroxylation is 1. The predicted molar refractivity (Wildman–Crippen MR) is 135 cm³/mol. The van der Waals surface area contributed by atoms with Gasteiger partial charge in [-0.3, -0.25) is 14.3 Å². The molecule has 174 valence electrons. The first-order valence-electron chi connectivity index (χ1n) is 10.4. The van der Waals surface area contributed by atoms with E-state index < -0.39 is 0 Å². The zero-order valence-corrected chi connectivity index (χ0v) is 20.3. The van der Waals surface area contributed by atoms with Crippen LogP contribution in [0.15, 0.2) is 70.6 Å². The maximum absolute atomic E-state index is 12.6. The summed E-state index contributed by atoms with van der Waals surface area (Å²) in [6, 6.07) is 14.5. The minimum Gasteiger partial charge on any atom is -0.497 e. The van der Waals surface area contributed by atoms with Crippen molar-refractivity contribution in [2.75, 3.05) is 17.7 Å². The molecule has 0 saturated heterocycles. The Hall–Kier alpha value is -3.63. The molecule has 4 rings (SSSR count). The lowest BCUT2D eigenvalue weighted by atomic mass is 10.1. The second kappa shape index (κ2) is 11.0. The van der Waals surface area contributed by atoms with Gasteiger partial charge in [-0.2, -0.15) is 5.10 Å². The number of carbonyl (C=O) groups excluding carboxylic acids is 2. The Morgan fingerprint density at radius 1 is 1.06 bits per heavy atom. The number of anilines is 2. The van der Waals surface area contributed by atoms with Crippen LogP contribution in [-0.4, -0.2) is 33.7 Å². The summed E-state index contributed by atoms with van der Waals surface area (Å²) in [5.74, 6) is 1.04. The van der Waals surface area contributed by atoms with Gasteiger partial charge in [0.15, 0.2) is 0 Å². The van der Waals surface area contributed by atoms with Crippen LogP contribution in [0, 0.1) is 6.92 Å². The Bertz CT molecular complexity index is 1270. The molecule has 2 aromatic heterocycles. The summed E-state index contributed by atoms with van der Waals surface area (Å²) in [6.07, 6.45) is 3.13. The molecule has 0 radical (unpaired) electrons. The quantitative estimate of drug-likeness (QED) is 0.324. The number of rotatable bonds is 9. The Morgan fingerprint density at radius 2 is 1.82 bits per heavy atom. The molecule has 2 amide bonds. The minimum atomic E-state index is -0.239. The molecule has 0 bridgehead atoms. The highest BCUT2D eigenvalue weighted by Crippen LogP contribution is 2.26. The number of thioether (sulfide) groups is 1. The highest BCUT2D eigenvalue weighted by molar-refractivity contribution is 8.00. The summed E-state index contributed by atoms with van der Waals surface area (Å²) in [6.45, 7) is 2.00. The molecule has 2 aromatic carbocycles. The van der Waals surface area contributed by atoms with E-state index in [2.05, 4.69) is 20.7 Å². The monoisotopic (exact) mass is 493 g/mol. The lowest BCUT2D eigenvalue weighted by molar-refractivity contribution is -0.116. The van der Waals surface area contributed by atoms with Crippen molar-refractivity contribution in [1.29, 1.82) is 0 Å². The van der Waals surface area contributed by atoms with Gasteiger partial charge in [-0.05, 0) is 48.9 Å². The van der Waals surface area contributed by atoms with Gasteiger partial charge in [0, 0.05) is 34.3 Å². The number of aromatic nitrogens is 3. The average molecular weight is 494 g/mol. The molecule has 0 fully saturated rings. The molecule has 0 aliphatic heterocycles. The number of nitrogens with zero attached hydrogens (tertiary/aromatic N) is 3. The van der Waals surface area contributed by atoms with Gasteiger partial charge in [0.1, 0.15) is 16.6 Å². The van der Waals surface area contributed by atoms with Crippen LogP contribution in [0.4, 0.5) is 11.4 Å². The molecule has 10 heteroatoms. The predicted octanol–water partition coefficient (Wildman–Crippen LogP) is 4.84. The molecule has 0 aliphatic carbocycles. The van der Waals surface area contributed by atoms with E-state index in [0.29, 0.717) is 22.7 Å². The molecule has 2 heterocycles. The number of thiazole rings is 1. The van der Waals surface area contributed by atoms with E-state index >= 15 is 0 Å². The van der Waals surface area contributed by atoms with Crippen LogP contribution in [0.25, 0.3) is 0 Å². The van der Waals surface area contributed by atoms with Crippen molar-refractivity contribution in [3.8, 4) is 5.75 Å². The summed E-state index contributed by atoms with van der Waals surface area (Å²) >= 11 is 3.31. The van der Waals surface area contributed by atoms with Gasteiger partial charge in [0.2, 0.25) is 5.91 Å². The average Bonchev–Trinajstić information content (AvgIpc) is 3.46. The van der Waals surface area contributed by atoms with Crippen molar-refractivity contribution >= 4 is 46.3 Å². The first kappa shape index (κ1) is 23.5. The second-order valence-corrected chi connectivity index (χ2v) is 9.48. The fourth-order valence-electron chi connectivity index (χ4n) is 3.04. The van der Waals surface area contributed by atoms with Gasteiger partial charge in [0.25, 0.3) is 5.91 Å². The maximum atomic E-state index is 12.6. The van der Waals surface area contributed by atoms with E-state index in [4.69, 9.17) is 4.74 Å². The molecule has 0 spiro atoms. The van der Waals surface area contributed by atoms with Crippen molar-refractivity contribution in [2.24, 2.45) is 0 Å². The molecule has 0 atom stereocenters. The zero-order chi connectivity index (χ0) is 23.9. The lowest BCUT2D eigenvalue weighted by Gasteiger charge is -2.06. The largest absolute Gasteiger partial charge is 0.497 e. The van der Waals surface area contributed by atoms with E-state index in [1.807, 2.05) is 24.4 Å². The van der Waals surface area contributed by atoms with Crippen molar-refractivity contribution in [2.45, 2.75) is 23.6 Å². The first-order chi connectivity index (χ1) is 16.5. The van der Waals surface area contributed by atoms with Gasteiger partial charge < -0.3 is 15.4 Å². The van der Waals surface area contributed by atoms with Gasteiger partial charge >= 0.3 is 0 Å². The summed E-state index contributed by atoms with van der Waals surface area (Å²) in [5.41, 5.74) is 3.87. The lowest BCUT2D eigenvalue weighted by Crippen LogP contribution is -2.19. The number of amides is 2. The number of nitrogens with one attached hydrogen (secondary N) is 2. The van der Waals surface area contributed by atoms with Gasteiger partial charge in [-0.1, -0.05) is 23.9 Å². The highest BCUT2D eigenvalue weighted by Gasteiger charge is 2.10. The van der Waals surface area contributed by atoms with E-state index in [1.165, 1.54) is 10.9 Å². The number of ether oxygens (including phenoxy) is 1. The molecule has 0 unspecified atom stereocenters. The van der Waals surface area contributed by atoms with E-state index in [9.17, 15) is 9.59 Å². The van der Waals surface area contributed by atoms with Gasteiger partial charge in [0.05, 0.1) is 19.0 Å². The second-order valence-electron chi connectivity index (χ2n) is 7.40. The third-order valence-electron chi connectivity index (χ3n) is 4.75. The summed E-state index contributed by atoms with van der Waals surface area (Å²) in [5, 5.41) is 11.8. The molecule has 2 N–H and O–H groups in total. The highest BCUT2D eigenvalue weighted by atomic mass is 32.2. The van der Waals surface area contributed by atoms with E-state index in [-0.39, 0.29) is 18.4 Å². The Kier molecular flexibility index (Phi) is 7.61. The Balaban J connectivity index is 1.27. The van der Waals surface area contributed by atoms with Crippen molar-refractivity contribution < 1.29 is 14.3 Å². The molecule has 0 aliphatic rings. The molecule has 4 aromatic rings. The van der Waals surface area contributed by atoms with Crippen LogP contribution in [-0.2, 0) is 17.1 Å². The fraction of sp³-hybridized carbons (Fsp3) is 0.167. The minimum absolute atomic E-state index is 0.0207. The molecular formula is C24H23N5O3S2. The topological polar surface area (TPSA) is 98.1 Å². The number of carbonyl (C=O) groups is 2. The third kappa shape index (κ3) is 6.46. The molecular weight excluding hydrogens is 470 g/mol. The van der Waals surface area contributed by atoms with Gasteiger partial charge in [-0.15, -0.1) is 11.3 Å². The number of benzene rings is 2. The number of hydrogen-bond donors (Lipinski definition) is 2. The van der Waals surface area contributed by atoms with Crippen LogP contribution in [0.2, 0.25) is 0 Å². The molecule has 8 nitrogen and oxygen atoms in total. The summed E-state index contributed by atoms with van der Waals surface area (Å²) in [4.78, 5) is 29.3. The third-order valence-corrected chi connectivity index (χ3v) is 6.96. The first-order valence-corrected chi connectivity index (χ1v) is 12.3. The van der Waals surface area contributed by atoms with Gasteiger partial charge in [-0.25, -0.2) is 4.98 Å². The van der Waals surface area contributed by atoms with Crippen LogP contribution in [0.1, 0.15) is 21.6 Å².